The normalized spacial score (nSPS) is 22.2. The highest BCUT2D eigenvalue weighted by Gasteiger charge is 2.34. The molecule has 0 saturated carbocycles. The van der Waals surface area contributed by atoms with E-state index in [2.05, 4.69) is 20.3 Å². The van der Waals surface area contributed by atoms with Crippen LogP contribution in [-0.4, -0.2) is 52.8 Å². The minimum atomic E-state index is -3.78. The van der Waals surface area contributed by atoms with E-state index in [1.54, 1.807) is 0 Å². The lowest BCUT2D eigenvalue weighted by molar-refractivity contribution is 0.233. The molecule has 0 spiro atoms. The average Bonchev–Trinajstić information content (AvgIpc) is 2.49. The summed E-state index contributed by atoms with van der Waals surface area (Å²) in [4.78, 5) is 31.3. The van der Waals surface area contributed by atoms with E-state index in [4.69, 9.17) is 0 Å². The summed E-state index contributed by atoms with van der Waals surface area (Å²) in [6, 6.07) is 1.04. The number of aromatic amines is 2. The Morgan fingerprint density at radius 1 is 1.25 bits per heavy atom. The number of aromatic nitrogens is 3. The summed E-state index contributed by atoms with van der Waals surface area (Å²) in [5, 5.41) is 3.24. The Kier molecular flexibility index (Phi) is 5.14. The Hall–Kier alpha value is -1.75. The van der Waals surface area contributed by atoms with Gasteiger partial charge in [-0.1, -0.05) is 0 Å². The van der Waals surface area contributed by atoms with Crippen molar-refractivity contribution >= 4 is 33.5 Å². The van der Waals surface area contributed by atoms with E-state index in [0.717, 1.165) is 6.20 Å². The number of hydrogen-bond donors (Lipinski definition) is 3. The van der Waals surface area contributed by atoms with Crippen molar-refractivity contribution in [3.8, 4) is 0 Å². The van der Waals surface area contributed by atoms with Crippen LogP contribution in [0.4, 0.5) is 0 Å². The molecule has 2 aromatic rings. The van der Waals surface area contributed by atoms with Gasteiger partial charge >= 0.3 is 5.69 Å². The van der Waals surface area contributed by atoms with Crippen molar-refractivity contribution in [3.05, 3.63) is 33.1 Å². The van der Waals surface area contributed by atoms with Crippen molar-refractivity contribution in [2.45, 2.75) is 30.8 Å². The van der Waals surface area contributed by atoms with Crippen molar-refractivity contribution in [1.29, 1.82) is 0 Å². The van der Waals surface area contributed by atoms with Crippen LogP contribution in [-0.2, 0) is 10.0 Å². The number of nitrogens with zero attached hydrogens (tertiary/aromatic N) is 2. The number of sulfonamides is 1. The molecule has 9 nitrogen and oxygen atoms in total. The first-order chi connectivity index (χ1) is 10.8. The number of pyridine rings is 1. The van der Waals surface area contributed by atoms with E-state index in [9.17, 15) is 18.0 Å². The van der Waals surface area contributed by atoms with Gasteiger partial charge in [0.1, 0.15) is 10.5 Å². The van der Waals surface area contributed by atoms with Gasteiger partial charge in [-0.05, 0) is 19.9 Å². The zero-order chi connectivity index (χ0) is 16.8. The average molecular weight is 376 g/mol. The summed E-state index contributed by atoms with van der Waals surface area (Å²) < 4.78 is 27.1. The van der Waals surface area contributed by atoms with Crippen molar-refractivity contribution in [2.75, 3.05) is 13.1 Å². The molecule has 2 unspecified atom stereocenters. The second-order valence-electron chi connectivity index (χ2n) is 5.57. The first kappa shape index (κ1) is 18.6. The molecule has 1 aliphatic rings. The first-order valence-corrected chi connectivity index (χ1v) is 8.62. The molecular weight excluding hydrogens is 358 g/mol. The van der Waals surface area contributed by atoms with Gasteiger partial charge in [-0.3, -0.25) is 14.8 Å². The van der Waals surface area contributed by atoms with Crippen molar-refractivity contribution in [2.24, 2.45) is 0 Å². The number of H-pyrrole nitrogens is 2. The molecule has 2 atom stereocenters. The molecule has 3 N–H and O–H groups in total. The van der Waals surface area contributed by atoms with Crippen LogP contribution in [0, 0.1) is 0 Å². The van der Waals surface area contributed by atoms with E-state index >= 15 is 0 Å². The van der Waals surface area contributed by atoms with Crippen LogP contribution in [0.15, 0.2) is 26.7 Å². The topological polar surface area (TPSA) is 128 Å². The first-order valence-electron chi connectivity index (χ1n) is 7.18. The summed E-state index contributed by atoms with van der Waals surface area (Å²) in [5.41, 5.74) is -1.30. The van der Waals surface area contributed by atoms with Crippen molar-refractivity contribution in [3.63, 3.8) is 0 Å². The number of halogens is 1. The van der Waals surface area contributed by atoms with Gasteiger partial charge in [-0.15, -0.1) is 12.4 Å². The van der Waals surface area contributed by atoms with Crippen molar-refractivity contribution < 1.29 is 8.42 Å². The fourth-order valence-electron chi connectivity index (χ4n) is 2.67. The number of rotatable bonds is 2. The van der Waals surface area contributed by atoms with Crippen LogP contribution in [0.3, 0.4) is 0 Å². The third-order valence-electron chi connectivity index (χ3n) is 4.15. The van der Waals surface area contributed by atoms with Crippen LogP contribution >= 0.6 is 12.4 Å². The molecule has 11 heteroatoms. The smallest absolute Gasteiger partial charge is 0.311 e. The number of nitrogens with one attached hydrogen (secondary N) is 3. The molecule has 0 amide bonds. The maximum absolute atomic E-state index is 12.8. The molecule has 0 aliphatic carbocycles. The summed E-state index contributed by atoms with van der Waals surface area (Å²) in [6.45, 7) is 4.64. The van der Waals surface area contributed by atoms with E-state index in [-0.39, 0.29) is 40.4 Å². The van der Waals surface area contributed by atoms with Gasteiger partial charge in [-0.25, -0.2) is 18.2 Å². The maximum Gasteiger partial charge on any atom is 0.327 e. The van der Waals surface area contributed by atoms with Crippen LogP contribution in [0.2, 0.25) is 0 Å². The lowest BCUT2D eigenvalue weighted by Gasteiger charge is -2.37. The van der Waals surface area contributed by atoms with Crippen molar-refractivity contribution in [1.82, 2.24) is 24.6 Å². The molecule has 1 fully saturated rings. The van der Waals surface area contributed by atoms with E-state index < -0.39 is 21.3 Å². The summed E-state index contributed by atoms with van der Waals surface area (Å²) in [5.74, 6) is 0. The summed E-state index contributed by atoms with van der Waals surface area (Å²) >= 11 is 0. The Labute approximate surface area is 144 Å². The van der Waals surface area contributed by atoms with Crippen LogP contribution < -0.4 is 16.6 Å². The minimum Gasteiger partial charge on any atom is -0.311 e. The van der Waals surface area contributed by atoms with E-state index in [0.29, 0.717) is 13.1 Å². The highest BCUT2D eigenvalue weighted by molar-refractivity contribution is 7.89. The quantitative estimate of drug-likeness (QED) is 0.643. The van der Waals surface area contributed by atoms with Gasteiger partial charge in [0.25, 0.3) is 5.56 Å². The summed E-state index contributed by atoms with van der Waals surface area (Å²) in [6.07, 6.45) is 1.16. The monoisotopic (exact) mass is 375 g/mol. The minimum absolute atomic E-state index is 0. The molecular formula is C13H18ClN5O4S. The second kappa shape index (κ2) is 6.63. The van der Waals surface area contributed by atoms with E-state index in [1.165, 1.54) is 10.4 Å². The fraction of sp³-hybridized carbons (Fsp3) is 0.462. The van der Waals surface area contributed by atoms with Gasteiger partial charge in [-0.2, -0.15) is 4.31 Å². The Balaban J connectivity index is 0.00000208. The molecule has 0 bridgehead atoms. The number of hydrogen-bond acceptors (Lipinski definition) is 6. The van der Waals surface area contributed by atoms with Crippen LogP contribution in [0.25, 0.3) is 11.0 Å². The summed E-state index contributed by atoms with van der Waals surface area (Å²) in [7, 11) is -3.78. The zero-order valence-corrected chi connectivity index (χ0v) is 14.7. The van der Waals surface area contributed by atoms with Gasteiger partial charge in [0.15, 0.2) is 0 Å². The molecule has 24 heavy (non-hydrogen) atoms. The molecule has 0 aromatic carbocycles. The highest BCUT2D eigenvalue weighted by atomic mass is 35.5. The predicted octanol–water partition coefficient (Wildman–Crippen LogP) is -0.596. The Morgan fingerprint density at radius 3 is 2.67 bits per heavy atom. The van der Waals surface area contributed by atoms with Crippen LogP contribution in [0.1, 0.15) is 13.8 Å². The van der Waals surface area contributed by atoms with Gasteiger partial charge < -0.3 is 5.32 Å². The largest absolute Gasteiger partial charge is 0.327 e. The Morgan fingerprint density at radius 2 is 1.96 bits per heavy atom. The van der Waals surface area contributed by atoms with Crippen LogP contribution in [0.5, 0.6) is 0 Å². The van der Waals surface area contributed by atoms with Gasteiger partial charge in [0.05, 0.1) is 5.39 Å². The second-order valence-corrected chi connectivity index (χ2v) is 7.47. The Bertz CT molecular complexity index is 970. The van der Waals surface area contributed by atoms with Gasteiger partial charge in [0, 0.05) is 31.4 Å². The van der Waals surface area contributed by atoms with Gasteiger partial charge in [0.2, 0.25) is 10.0 Å². The standard InChI is InChI=1S/C13H17N5O4S.ClH/c1-7-8(2)18(4-3-14-7)23(21,22)9-5-10-11(15-6-9)16-13(20)17-12(10)19;/h5-8,14H,3-4H2,1-2H3,(H2,15,16,17,19,20);1H. The highest BCUT2D eigenvalue weighted by Crippen LogP contribution is 2.22. The fourth-order valence-corrected chi connectivity index (χ4v) is 4.34. The van der Waals surface area contributed by atoms with E-state index in [1.807, 2.05) is 13.8 Å². The molecule has 3 rings (SSSR count). The number of fused-ring (bicyclic) bond motifs is 1. The SMILES string of the molecule is CC1NCCN(S(=O)(=O)c2cnc3[nH]c(=O)[nH]c(=O)c3c2)C1C.Cl. The zero-order valence-electron chi connectivity index (χ0n) is 13.1. The predicted molar refractivity (Wildman–Crippen MR) is 91.1 cm³/mol. The molecule has 1 saturated heterocycles. The molecule has 132 valence electrons. The lowest BCUT2D eigenvalue weighted by atomic mass is 10.1. The lowest BCUT2D eigenvalue weighted by Crippen LogP contribution is -2.57. The molecule has 2 aromatic heterocycles. The molecule has 3 heterocycles. The third kappa shape index (κ3) is 3.09. The number of piperazine rings is 1. The molecule has 0 radical (unpaired) electrons. The molecule has 1 aliphatic heterocycles. The maximum atomic E-state index is 12.8. The third-order valence-corrected chi connectivity index (χ3v) is 6.10.